The van der Waals surface area contributed by atoms with Crippen LogP contribution < -0.4 is 14.8 Å². The van der Waals surface area contributed by atoms with Crippen LogP contribution in [0.3, 0.4) is 0 Å². The van der Waals surface area contributed by atoms with Crippen LogP contribution in [0, 0.1) is 0 Å². The van der Waals surface area contributed by atoms with Gasteiger partial charge in [-0.2, -0.15) is 4.31 Å². The van der Waals surface area contributed by atoms with Crippen molar-refractivity contribution in [2.45, 2.75) is 43.0 Å². The van der Waals surface area contributed by atoms with Gasteiger partial charge in [0.05, 0.1) is 25.7 Å². The Morgan fingerprint density at radius 2 is 1.61 bits per heavy atom. The molecular formula is C27H37N3O5S. The highest BCUT2D eigenvalue weighted by Crippen LogP contribution is 2.33. The summed E-state index contributed by atoms with van der Waals surface area (Å²) in [6.07, 6.45) is 5.29. The van der Waals surface area contributed by atoms with Gasteiger partial charge in [0.15, 0.2) is 17.3 Å². The molecule has 2 aromatic carbocycles. The van der Waals surface area contributed by atoms with E-state index in [1.54, 1.807) is 32.4 Å². The minimum Gasteiger partial charge on any atom is -0.493 e. The van der Waals surface area contributed by atoms with Crippen molar-refractivity contribution < 1.29 is 22.7 Å². The molecule has 0 aliphatic carbocycles. The van der Waals surface area contributed by atoms with E-state index in [4.69, 9.17) is 9.47 Å². The maximum absolute atomic E-state index is 13.0. The molecule has 36 heavy (non-hydrogen) atoms. The molecule has 9 heteroatoms. The van der Waals surface area contributed by atoms with Crippen molar-refractivity contribution >= 4 is 15.8 Å². The number of Topliss-reactive ketones (excluding diaryl/α,β-unsaturated/α-hetero) is 1. The Morgan fingerprint density at radius 1 is 0.917 bits per heavy atom. The average molecular weight is 516 g/mol. The van der Waals surface area contributed by atoms with Gasteiger partial charge in [-0.25, -0.2) is 8.42 Å². The Morgan fingerprint density at radius 3 is 2.31 bits per heavy atom. The lowest BCUT2D eigenvalue weighted by Gasteiger charge is -2.35. The molecule has 2 saturated heterocycles. The van der Waals surface area contributed by atoms with E-state index in [1.807, 2.05) is 12.1 Å². The number of nitrogens with zero attached hydrogens (tertiary/aromatic N) is 2. The molecule has 0 bridgehead atoms. The largest absolute Gasteiger partial charge is 0.493 e. The maximum Gasteiger partial charge on any atom is 0.243 e. The van der Waals surface area contributed by atoms with Gasteiger partial charge in [0.1, 0.15) is 0 Å². The number of ketones is 1. The molecule has 1 N–H and O–H groups in total. The zero-order valence-corrected chi connectivity index (χ0v) is 22.1. The number of nitrogens with one attached hydrogen (secondary N) is 1. The maximum atomic E-state index is 13.0. The molecule has 0 spiro atoms. The summed E-state index contributed by atoms with van der Waals surface area (Å²) < 4.78 is 38.3. The fourth-order valence-electron chi connectivity index (χ4n) is 5.08. The summed E-state index contributed by atoms with van der Waals surface area (Å²) in [7, 11) is -0.305. The number of rotatable bonds is 11. The van der Waals surface area contributed by atoms with E-state index in [0.717, 1.165) is 44.3 Å². The second-order valence-electron chi connectivity index (χ2n) is 9.42. The van der Waals surface area contributed by atoms with Crippen molar-refractivity contribution in [3.63, 3.8) is 0 Å². The summed E-state index contributed by atoms with van der Waals surface area (Å²) in [6, 6.07) is 12.5. The standard InChI is InChI=1S/C27H37N3O5S/c1-34-26-12-11-21(18-27(26)35-2)24(29-13-4-3-5-14-29)19-28-20-25(31)22-9-8-10-23(17-22)36(32,33)30-15-6-7-16-30/h8-12,17-18,24,28H,3-7,13-16,19-20H2,1-2H3. The number of sulfonamides is 1. The van der Waals surface area contributed by atoms with E-state index in [1.165, 1.54) is 16.8 Å². The van der Waals surface area contributed by atoms with Crippen LogP contribution in [0.15, 0.2) is 47.4 Å². The second-order valence-corrected chi connectivity index (χ2v) is 11.4. The van der Waals surface area contributed by atoms with Crippen molar-refractivity contribution in [2.24, 2.45) is 0 Å². The third kappa shape index (κ3) is 6.08. The molecule has 0 aromatic heterocycles. The van der Waals surface area contributed by atoms with Gasteiger partial charge in [-0.05, 0) is 68.6 Å². The first-order chi connectivity index (χ1) is 17.4. The van der Waals surface area contributed by atoms with Crippen LogP contribution in [0.4, 0.5) is 0 Å². The van der Waals surface area contributed by atoms with Crippen LogP contribution in [0.25, 0.3) is 0 Å². The lowest BCUT2D eigenvalue weighted by molar-refractivity contribution is 0.0983. The minimum atomic E-state index is -3.56. The number of ether oxygens (including phenoxy) is 2. The molecule has 2 fully saturated rings. The normalized spacial score (nSPS) is 18.2. The van der Waals surface area contributed by atoms with Crippen molar-refractivity contribution in [1.82, 2.24) is 14.5 Å². The van der Waals surface area contributed by atoms with Gasteiger partial charge in [0.2, 0.25) is 10.0 Å². The van der Waals surface area contributed by atoms with Crippen molar-refractivity contribution in [3.8, 4) is 11.5 Å². The fourth-order valence-corrected chi connectivity index (χ4v) is 6.64. The monoisotopic (exact) mass is 515 g/mol. The Kier molecular flexibility index (Phi) is 9.00. The van der Waals surface area contributed by atoms with Gasteiger partial charge in [0, 0.05) is 31.2 Å². The van der Waals surface area contributed by atoms with Gasteiger partial charge in [0.25, 0.3) is 0 Å². The lowest BCUT2D eigenvalue weighted by atomic mass is 10.0. The number of methoxy groups -OCH3 is 2. The number of piperidine rings is 1. The van der Waals surface area contributed by atoms with E-state index >= 15 is 0 Å². The Balaban J connectivity index is 1.45. The topological polar surface area (TPSA) is 88.2 Å². The molecule has 8 nitrogen and oxygen atoms in total. The van der Waals surface area contributed by atoms with E-state index in [-0.39, 0.29) is 23.3 Å². The quantitative estimate of drug-likeness (QED) is 0.459. The zero-order chi connectivity index (χ0) is 25.5. The molecule has 0 saturated carbocycles. The Hall–Kier alpha value is -2.46. The number of carbonyl (C=O) groups excluding carboxylic acids is 1. The summed E-state index contributed by atoms with van der Waals surface area (Å²) in [5, 5.41) is 3.34. The molecule has 4 rings (SSSR count). The SMILES string of the molecule is COc1ccc(C(CNCC(=O)c2cccc(S(=O)(=O)N3CCCC3)c2)N2CCCCC2)cc1OC. The molecule has 2 aliphatic rings. The predicted molar refractivity (Wildman–Crippen MR) is 139 cm³/mol. The highest BCUT2D eigenvalue weighted by Gasteiger charge is 2.28. The van der Waals surface area contributed by atoms with Crippen LogP contribution in [-0.4, -0.2) is 76.9 Å². The first kappa shape index (κ1) is 26.6. The molecule has 0 amide bonds. The van der Waals surface area contributed by atoms with Gasteiger partial charge < -0.3 is 14.8 Å². The fraction of sp³-hybridized carbons (Fsp3) is 0.519. The van der Waals surface area contributed by atoms with Crippen LogP contribution in [0.2, 0.25) is 0 Å². The predicted octanol–water partition coefficient (Wildman–Crippen LogP) is 3.49. The summed E-state index contributed by atoms with van der Waals surface area (Å²) >= 11 is 0. The lowest BCUT2D eigenvalue weighted by Crippen LogP contribution is -2.40. The van der Waals surface area contributed by atoms with E-state index in [9.17, 15) is 13.2 Å². The Labute approximate surface area is 214 Å². The Bertz CT molecular complexity index is 1140. The van der Waals surface area contributed by atoms with Crippen molar-refractivity contribution in [2.75, 3.05) is 53.5 Å². The third-order valence-corrected chi connectivity index (χ3v) is 9.00. The highest BCUT2D eigenvalue weighted by molar-refractivity contribution is 7.89. The van der Waals surface area contributed by atoms with Crippen LogP contribution in [0.5, 0.6) is 11.5 Å². The van der Waals surface area contributed by atoms with Gasteiger partial charge in [-0.1, -0.05) is 24.6 Å². The minimum absolute atomic E-state index is 0.0831. The summed E-state index contributed by atoms with van der Waals surface area (Å²) in [4.78, 5) is 15.6. The van der Waals surface area contributed by atoms with Crippen LogP contribution in [0.1, 0.15) is 54.1 Å². The molecular weight excluding hydrogens is 478 g/mol. The van der Waals surface area contributed by atoms with Gasteiger partial charge in [-0.15, -0.1) is 0 Å². The molecule has 2 aromatic rings. The molecule has 1 atom stereocenters. The van der Waals surface area contributed by atoms with E-state index in [0.29, 0.717) is 36.7 Å². The first-order valence-corrected chi connectivity index (χ1v) is 14.2. The third-order valence-electron chi connectivity index (χ3n) is 7.11. The molecule has 2 heterocycles. The number of hydrogen-bond acceptors (Lipinski definition) is 7. The smallest absolute Gasteiger partial charge is 0.243 e. The average Bonchev–Trinajstić information content (AvgIpc) is 3.47. The number of benzene rings is 2. The number of likely N-dealkylation sites (tertiary alicyclic amines) is 1. The molecule has 0 radical (unpaired) electrons. The summed E-state index contributed by atoms with van der Waals surface area (Å²) in [6.45, 7) is 3.81. The van der Waals surface area contributed by atoms with Gasteiger partial charge >= 0.3 is 0 Å². The highest BCUT2D eigenvalue weighted by atomic mass is 32.2. The van der Waals surface area contributed by atoms with Crippen LogP contribution >= 0.6 is 0 Å². The second kappa shape index (κ2) is 12.2. The van der Waals surface area contributed by atoms with Crippen molar-refractivity contribution in [3.05, 3.63) is 53.6 Å². The molecule has 2 aliphatic heterocycles. The molecule has 196 valence electrons. The molecule has 1 unspecified atom stereocenters. The number of carbonyl (C=O) groups is 1. The van der Waals surface area contributed by atoms with Gasteiger partial charge in [-0.3, -0.25) is 9.69 Å². The zero-order valence-electron chi connectivity index (χ0n) is 21.2. The van der Waals surface area contributed by atoms with Crippen molar-refractivity contribution in [1.29, 1.82) is 0 Å². The number of hydrogen-bond donors (Lipinski definition) is 1. The first-order valence-electron chi connectivity index (χ1n) is 12.7. The summed E-state index contributed by atoms with van der Waals surface area (Å²) in [5.74, 6) is 1.24. The summed E-state index contributed by atoms with van der Waals surface area (Å²) in [5.41, 5.74) is 1.51. The van der Waals surface area contributed by atoms with E-state index in [2.05, 4.69) is 16.3 Å². The van der Waals surface area contributed by atoms with Crippen LogP contribution in [-0.2, 0) is 10.0 Å². The van der Waals surface area contributed by atoms with E-state index < -0.39 is 10.0 Å².